The molecular formula is C45H65F2NO5. The summed E-state index contributed by atoms with van der Waals surface area (Å²) in [6, 6.07) is 3.67. The van der Waals surface area contributed by atoms with Gasteiger partial charge < -0.3 is 9.84 Å². The normalized spacial score (nSPS) is 36.4. The molecule has 0 aliphatic heterocycles. The van der Waals surface area contributed by atoms with Gasteiger partial charge in [-0.3, -0.25) is 19.3 Å². The van der Waals surface area contributed by atoms with Crippen LogP contribution in [0.25, 0.3) is 0 Å². The Bertz CT molecular complexity index is 1680. The maximum absolute atomic E-state index is 14.7. The number of hydrogen-bond donors (Lipinski definition) is 1. The molecule has 0 spiro atoms. The van der Waals surface area contributed by atoms with Gasteiger partial charge in [0.2, 0.25) is 0 Å². The average Bonchev–Trinajstić information content (AvgIpc) is 3.45. The molecule has 0 amide bonds. The molecule has 6 nitrogen and oxygen atoms in total. The molecule has 53 heavy (non-hydrogen) atoms. The van der Waals surface area contributed by atoms with E-state index < -0.39 is 34.4 Å². The smallest absolute Gasteiger partial charge is 0.309 e. The summed E-state index contributed by atoms with van der Waals surface area (Å²) in [6.07, 6.45) is 9.37. The van der Waals surface area contributed by atoms with E-state index in [0.717, 1.165) is 70.3 Å². The highest BCUT2D eigenvalue weighted by molar-refractivity contribution is 5.91. The number of nitrogens with zero attached hydrogens (tertiary/aromatic N) is 1. The number of carboxylic acids is 1. The zero-order valence-electron chi connectivity index (χ0n) is 34.1. The van der Waals surface area contributed by atoms with Gasteiger partial charge in [-0.15, -0.1) is 0 Å². The molecule has 0 aromatic heterocycles. The van der Waals surface area contributed by atoms with E-state index in [-0.39, 0.29) is 53.1 Å². The van der Waals surface area contributed by atoms with E-state index in [1.165, 1.54) is 23.3 Å². The number of Topliss-reactive ketones (excluding diaryl/α,β-unsaturated/α-hetero) is 1. The van der Waals surface area contributed by atoms with Crippen LogP contribution in [-0.2, 0) is 25.7 Å². The van der Waals surface area contributed by atoms with Crippen LogP contribution in [0.15, 0.2) is 29.3 Å². The maximum atomic E-state index is 14.7. The van der Waals surface area contributed by atoms with Gasteiger partial charge in [0.25, 0.3) is 0 Å². The Balaban J connectivity index is 1.25. The minimum Gasteiger partial charge on any atom is -0.481 e. The number of ether oxygens (including phenoxy) is 1. The highest BCUT2D eigenvalue weighted by Gasteiger charge is 2.70. The van der Waals surface area contributed by atoms with Crippen LogP contribution < -0.4 is 0 Å². The van der Waals surface area contributed by atoms with Crippen molar-refractivity contribution in [1.82, 2.24) is 4.90 Å². The van der Waals surface area contributed by atoms with E-state index in [2.05, 4.69) is 48.5 Å². The van der Waals surface area contributed by atoms with Crippen LogP contribution >= 0.6 is 0 Å². The van der Waals surface area contributed by atoms with E-state index in [0.29, 0.717) is 29.2 Å². The third-order valence-electron chi connectivity index (χ3n) is 16.4. The molecule has 5 aliphatic rings. The summed E-state index contributed by atoms with van der Waals surface area (Å²) >= 11 is 0. The van der Waals surface area contributed by atoms with Gasteiger partial charge in [-0.05, 0) is 131 Å². The monoisotopic (exact) mass is 737 g/mol. The first-order chi connectivity index (χ1) is 24.5. The van der Waals surface area contributed by atoms with E-state index in [4.69, 9.17) is 4.74 Å². The summed E-state index contributed by atoms with van der Waals surface area (Å²) in [5, 5.41) is 9.61. The van der Waals surface area contributed by atoms with Gasteiger partial charge in [0.05, 0.1) is 23.8 Å². The van der Waals surface area contributed by atoms with Crippen molar-refractivity contribution >= 4 is 17.7 Å². The first kappa shape index (κ1) is 40.1. The molecule has 6 rings (SSSR count). The van der Waals surface area contributed by atoms with Gasteiger partial charge in [0.1, 0.15) is 17.7 Å². The highest BCUT2D eigenvalue weighted by Crippen LogP contribution is 2.77. The number of fused-ring (bicyclic) bond motifs is 7. The topological polar surface area (TPSA) is 83.9 Å². The van der Waals surface area contributed by atoms with Gasteiger partial charge in [0, 0.05) is 23.6 Å². The summed E-state index contributed by atoms with van der Waals surface area (Å²) < 4.78 is 34.3. The first-order valence-corrected chi connectivity index (χ1v) is 20.4. The van der Waals surface area contributed by atoms with Gasteiger partial charge in [0.15, 0.2) is 5.78 Å². The number of hydrogen-bond acceptors (Lipinski definition) is 5. The Morgan fingerprint density at radius 1 is 0.925 bits per heavy atom. The second-order valence-electron chi connectivity index (χ2n) is 20.3. The third-order valence-corrected chi connectivity index (χ3v) is 16.4. The molecule has 1 aromatic rings. The number of rotatable bonds is 10. The van der Waals surface area contributed by atoms with Crippen LogP contribution in [0, 0.1) is 67.8 Å². The molecule has 0 saturated heterocycles. The lowest BCUT2D eigenvalue weighted by atomic mass is 9.33. The van der Waals surface area contributed by atoms with Gasteiger partial charge in [-0.2, -0.15) is 0 Å². The fraction of sp³-hybridized carbons (Fsp3) is 0.756. The molecule has 294 valence electrons. The molecule has 4 fully saturated rings. The number of esters is 1. The lowest BCUT2D eigenvalue weighted by molar-refractivity contribution is -0.233. The fourth-order valence-electron chi connectivity index (χ4n) is 13.3. The quantitative estimate of drug-likeness (QED) is 0.190. The number of carboxylic acid groups (broad SMARTS) is 1. The summed E-state index contributed by atoms with van der Waals surface area (Å²) in [5.41, 5.74) is 1.61. The van der Waals surface area contributed by atoms with Crippen molar-refractivity contribution < 1.29 is 33.0 Å². The minimum atomic E-state index is -1.17. The Morgan fingerprint density at radius 2 is 1.62 bits per heavy atom. The second-order valence-corrected chi connectivity index (χ2v) is 20.3. The first-order valence-electron chi connectivity index (χ1n) is 20.4. The van der Waals surface area contributed by atoms with Crippen molar-refractivity contribution in [2.24, 2.45) is 56.2 Å². The maximum Gasteiger partial charge on any atom is 0.309 e. The number of allylic oxidation sites excluding steroid dienone is 2. The van der Waals surface area contributed by atoms with Crippen molar-refractivity contribution in [3.8, 4) is 0 Å². The molecule has 8 heteroatoms. The number of likely N-dealkylation sites (N-methyl/N-ethyl adjacent to an activating group) is 1. The van der Waals surface area contributed by atoms with Crippen LogP contribution in [0.5, 0.6) is 0 Å². The number of carbonyl (C=O) groups excluding carboxylic acids is 2. The number of carbonyl (C=O) groups is 3. The molecule has 0 heterocycles. The highest BCUT2D eigenvalue weighted by atomic mass is 19.1. The number of ketones is 1. The van der Waals surface area contributed by atoms with Crippen molar-refractivity contribution in [2.45, 2.75) is 146 Å². The summed E-state index contributed by atoms with van der Waals surface area (Å²) in [4.78, 5) is 41.4. The summed E-state index contributed by atoms with van der Waals surface area (Å²) in [5.74, 6) is -0.771. The van der Waals surface area contributed by atoms with E-state index in [9.17, 15) is 28.3 Å². The SMILES string of the molecule is CC(C)C1=C2[C@H]3CC[C@@H]4[C@@]5(C)CC[C@H](OC(=O)CC(C)(C)C(=O)O)C(C)(C)[C@@H]5CC[C@@]4(C)[C@]3(C)CC[C@@]2(C(=O)CN(C)Cc2ccc(F)cc2F)CC1. The molecule has 4 saturated carbocycles. The van der Waals surface area contributed by atoms with Crippen molar-refractivity contribution in [2.75, 3.05) is 13.6 Å². The zero-order chi connectivity index (χ0) is 39.1. The van der Waals surface area contributed by atoms with Crippen LogP contribution in [0.2, 0.25) is 0 Å². The Hall–Kier alpha value is -2.61. The summed E-state index contributed by atoms with van der Waals surface area (Å²) in [7, 11) is 1.87. The standard InChI is InChI=1S/C45H65F2NO5/c1-27(2)30-15-20-45(35(49)26-48(10)25-28-11-12-29(46)23-32(28)47)22-21-43(8)31(38(30)45)13-14-34-42(7)18-17-36(53-37(50)24-40(3,4)39(51)52)41(5,6)33(42)16-19-44(34,43)9/h11-12,23,27,31,33-34,36H,13-22,24-26H2,1-10H3,(H,51,52)/t31-,33+,34-,36+,42+,43-,44-,45-/m1/s1. The lowest BCUT2D eigenvalue weighted by Gasteiger charge is -2.72. The van der Waals surface area contributed by atoms with E-state index in [1.807, 2.05) is 11.9 Å². The molecule has 5 aliphatic carbocycles. The molecule has 1 aromatic carbocycles. The lowest BCUT2D eigenvalue weighted by Crippen LogP contribution is -2.66. The molecule has 0 bridgehead atoms. The minimum absolute atomic E-state index is 0.0342. The predicted octanol–water partition coefficient (Wildman–Crippen LogP) is 10.2. The van der Waals surface area contributed by atoms with Crippen LogP contribution in [0.1, 0.15) is 139 Å². The third kappa shape index (κ3) is 6.33. The Kier molecular flexibility index (Phi) is 10.2. The van der Waals surface area contributed by atoms with Crippen molar-refractivity contribution in [1.29, 1.82) is 0 Å². The predicted molar refractivity (Wildman–Crippen MR) is 203 cm³/mol. The second kappa shape index (κ2) is 13.5. The van der Waals surface area contributed by atoms with Gasteiger partial charge >= 0.3 is 11.9 Å². The molecule has 1 N–H and O–H groups in total. The average molecular weight is 738 g/mol. The number of halogens is 2. The van der Waals surface area contributed by atoms with Crippen molar-refractivity contribution in [3.63, 3.8) is 0 Å². The van der Waals surface area contributed by atoms with E-state index in [1.54, 1.807) is 13.8 Å². The number of benzene rings is 1. The van der Waals surface area contributed by atoms with Gasteiger partial charge in [-0.1, -0.05) is 65.7 Å². The molecule has 0 radical (unpaired) electrons. The number of aliphatic carboxylic acids is 1. The van der Waals surface area contributed by atoms with Crippen molar-refractivity contribution in [3.05, 3.63) is 46.5 Å². The zero-order valence-corrected chi connectivity index (χ0v) is 34.1. The van der Waals surface area contributed by atoms with Crippen LogP contribution in [-0.4, -0.2) is 47.4 Å². The largest absolute Gasteiger partial charge is 0.481 e. The van der Waals surface area contributed by atoms with Crippen LogP contribution in [0.4, 0.5) is 8.78 Å². The fourth-order valence-corrected chi connectivity index (χ4v) is 13.3. The molecular weight excluding hydrogens is 672 g/mol. The Labute approximate surface area is 316 Å². The van der Waals surface area contributed by atoms with E-state index >= 15 is 0 Å². The van der Waals surface area contributed by atoms with Crippen LogP contribution in [0.3, 0.4) is 0 Å². The molecule has 8 atom stereocenters. The van der Waals surface area contributed by atoms with Gasteiger partial charge in [-0.25, -0.2) is 8.78 Å². The molecule has 0 unspecified atom stereocenters. The Morgan fingerprint density at radius 3 is 2.26 bits per heavy atom. The summed E-state index contributed by atoms with van der Waals surface area (Å²) in [6.45, 7) is 20.4.